The Kier molecular flexibility index (Phi) is 2.97. The quantitative estimate of drug-likeness (QED) is 0.854. The number of hydrogen-bond donors (Lipinski definition) is 0. The Bertz CT molecular complexity index is 706. The molecule has 6 heteroatoms. The molecule has 0 amide bonds. The fraction of sp³-hybridized carbons (Fsp3) is 0.462. The van der Waals surface area contributed by atoms with Crippen LogP contribution in [0.5, 0.6) is 5.75 Å². The number of sulfone groups is 1. The van der Waals surface area contributed by atoms with Gasteiger partial charge in [-0.1, -0.05) is 0 Å². The highest BCUT2D eigenvalue weighted by atomic mass is 32.2. The maximum atomic E-state index is 11.9. The third kappa shape index (κ3) is 2.20. The van der Waals surface area contributed by atoms with Crippen LogP contribution in [-0.4, -0.2) is 35.9 Å². The Morgan fingerprint density at radius 1 is 1.47 bits per heavy atom. The van der Waals surface area contributed by atoms with E-state index in [9.17, 15) is 8.42 Å². The monoisotopic (exact) mass is 280 g/mol. The van der Waals surface area contributed by atoms with Crippen molar-refractivity contribution in [3.8, 4) is 5.75 Å². The Hall–Kier alpha value is -1.56. The number of methoxy groups -OCH3 is 1. The molecule has 0 aliphatic carbocycles. The minimum atomic E-state index is -2.93. The van der Waals surface area contributed by atoms with Crippen molar-refractivity contribution in [2.75, 3.05) is 12.9 Å². The second-order valence-electron chi connectivity index (χ2n) is 4.87. The highest BCUT2D eigenvalue weighted by Crippen LogP contribution is 2.24. The number of pyridine rings is 1. The summed E-state index contributed by atoms with van der Waals surface area (Å²) in [6, 6.07) is 3.78. The van der Waals surface area contributed by atoms with Crippen molar-refractivity contribution in [2.45, 2.75) is 24.5 Å². The number of fused-ring (bicyclic) bond motifs is 1. The molecule has 1 aliphatic rings. The van der Waals surface area contributed by atoms with Crippen LogP contribution in [0.15, 0.2) is 24.5 Å². The molecule has 3 rings (SSSR count). The lowest BCUT2D eigenvalue weighted by Gasteiger charge is -2.09. The zero-order valence-electron chi connectivity index (χ0n) is 10.7. The Morgan fingerprint density at radius 2 is 2.32 bits per heavy atom. The van der Waals surface area contributed by atoms with Gasteiger partial charge in [0.05, 0.1) is 36.0 Å². The van der Waals surface area contributed by atoms with E-state index in [0.29, 0.717) is 12.2 Å². The van der Waals surface area contributed by atoms with Crippen LogP contribution in [0.1, 0.15) is 18.7 Å². The molecule has 0 bridgehead atoms. The average Bonchev–Trinajstić information content (AvgIpc) is 2.94. The molecule has 1 aliphatic heterocycles. The number of rotatable bonds is 3. The third-order valence-corrected chi connectivity index (χ3v) is 5.96. The minimum absolute atomic E-state index is 0.288. The third-order valence-electron chi connectivity index (χ3n) is 3.69. The molecule has 0 spiro atoms. The van der Waals surface area contributed by atoms with Crippen molar-refractivity contribution in [1.29, 1.82) is 0 Å². The van der Waals surface area contributed by atoms with Gasteiger partial charge in [-0.25, -0.2) is 13.4 Å². The van der Waals surface area contributed by atoms with Crippen LogP contribution in [0.2, 0.25) is 0 Å². The van der Waals surface area contributed by atoms with E-state index in [-0.39, 0.29) is 5.25 Å². The Labute approximate surface area is 112 Å². The van der Waals surface area contributed by atoms with E-state index in [0.717, 1.165) is 29.9 Å². The van der Waals surface area contributed by atoms with Gasteiger partial charge in [0.2, 0.25) is 0 Å². The van der Waals surface area contributed by atoms with Crippen molar-refractivity contribution in [3.05, 3.63) is 30.4 Å². The SMILES string of the molecule is COc1ccc2cnc(CC3CCCS3(=O)=O)n2c1. The fourth-order valence-corrected chi connectivity index (χ4v) is 4.42. The first kappa shape index (κ1) is 12.5. The highest BCUT2D eigenvalue weighted by Gasteiger charge is 2.32. The van der Waals surface area contributed by atoms with Crippen LogP contribution in [0.4, 0.5) is 0 Å². The van der Waals surface area contributed by atoms with Gasteiger partial charge in [-0.15, -0.1) is 0 Å². The van der Waals surface area contributed by atoms with Gasteiger partial charge >= 0.3 is 0 Å². The van der Waals surface area contributed by atoms with Crippen molar-refractivity contribution < 1.29 is 13.2 Å². The topological polar surface area (TPSA) is 60.7 Å². The zero-order valence-corrected chi connectivity index (χ0v) is 11.6. The van der Waals surface area contributed by atoms with Crippen LogP contribution in [-0.2, 0) is 16.3 Å². The molecule has 3 heterocycles. The summed E-state index contributed by atoms with van der Waals surface area (Å²) in [6.45, 7) is 0. The summed E-state index contributed by atoms with van der Waals surface area (Å²) in [5, 5.41) is -0.288. The summed E-state index contributed by atoms with van der Waals surface area (Å²) in [4.78, 5) is 4.34. The lowest BCUT2D eigenvalue weighted by molar-refractivity contribution is 0.412. The molecule has 0 radical (unpaired) electrons. The van der Waals surface area contributed by atoms with E-state index in [1.807, 2.05) is 22.7 Å². The summed E-state index contributed by atoms with van der Waals surface area (Å²) >= 11 is 0. The van der Waals surface area contributed by atoms with Crippen LogP contribution in [0.25, 0.3) is 5.52 Å². The van der Waals surface area contributed by atoms with E-state index in [1.165, 1.54) is 0 Å². The van der Waals surface area contributed by atoms with E-state index in [2.05, 4.69) is 4.98 Å². The summed E-state index contributed by atoms with van der Waals surface area (Å²) in [5.74, 6) is 1.83. The number of nitrogens with zero attached hydrogens (tertiary/aromatic N) is 2. The van der Waals surface area contributed by atoms with Crippen LogP contribution in [0, 0.1) is 0 Å². The second-order valence-corrected chi connectivity index (χ2v) is 7.27. The molecular weight excluding hydrogens is 264 g/mol. The van der Waals surface area contributed by atoms with E-state index in [4.69, 9.17) is 4.74 Å². The van der Waals surface area contributed by atoms with Crippen molar-refractivity contribution in [3.63, 3.8) is 0 Å². The molecule has 0 aromatic carbocycles. The molecule has 2 aromatic heterocycles. The van der Waals surface area contributed by atoms with Crippen molar-refractivity contribution in [1.82, 2.24) is 9.38 Å². The van der Waals surface area contributed by atoms with Crippen LogP contribution < -0.4 is 4.74 Å². The van der Waals surface area contributed by atoms with Gasteiger partial charge in [-0.05, 0) is 25.0 Å². The first-order valence-electron chi connectivity index (χ1n) is 6.32. The Balaban J connectivity index is 1.97. The van der Waals surface area contributed by atoms with Crippen molar-refractivity contribution >= 4 is 15.4 Å². The van der Waals surface area contributed by atoms with Gasteiger partial charge in [-0.3, -0.25) is 4.40 Å². The summed E-state index contributed by atoms with van der Waals surface area (Å²) < 4.78 is 30.9. The summed E-state index contributed by atoms with van der Waals surface area (Å²) in [7, 11) is -1.32. The van der Waals surface area contributed by atoms with Gasteiger partial charge in [0.1, 0.15) is 11.6 Å². The Morgan fingerprint density at radius 3 is 3.00 bits per heavy atom. The molecule has 0 N–H and O–H groups in total. The fourth-order valence-electron chi connectivity index (χ4n) is 2.59. The number of ether oxygens (including phenoxy) is 1. The molecule has 1 atom stereocenters. The molecule has 1 saturated heterocycles. The minimum Gasteiger partial charge on any atom is -0.495 e. The normalized spacial score (nSPS) is 21.8. The molecule has 1 fully saturated rings. The number of hydrogen-bond acceptors (Lipinski definition) is 4. The van der Waals surface area contributed by atoms with Crippen LogP contribution >= 0.6 is 0 Å². The van der Waals surface area contributed by atoms with Crippen molar-refractivity contribution in [2.24, 2.45) is 0 Å². The first-order chi connectivity index (χ1) is 9.10. The summed E-state index contributed by atoms with van der Waals surface area (Å²) in [5.41, 5.74) is 0.950. The van der Waals surface area contributed by atoms with Gasteiger partial charge in [0.25, 0.3) is 0 Å². The standard InChI is InChI=1S/C13H16N2O3S/c1-18-11-5-4-10-8-14-13(15(10)9-11)7-12-3-2-6-19(12,16)17/h4-5,8-9,12H,2-3,6-7H2,1H3. The van der Waals surface area contributed by atoms with Gasteiger partial charge < -0.3 is 4.74 Å². The van der Waals surface area contributed by atoms with Crippen LogP contribution in [0.3, 0.4) is 0 Å². The number of aromatic nitrogens is 2. The average molecular weight is 280 g/mol. The zero-order chi connectivity index (χ0) is 13.5. The molecule has 102 valence electrons. The lowest BCUT2D eigenvalue weighted by Crippen LogP contribution is -2.19. The second kappa shape index (κ2) is 4.52. The molecule has 1 unspecified atom stereocenters. The largest absolute Gasteiger partial charge is 0.495 e. The molecule has 0 saturated carbocycles. The highest BCUT2D eigenvalue weighted by molar-refractivity contribution is 7.92. The predicted molar refractivity (Wildman–Crippen MR) is 72.3 cm³/mol. The van der Waals surface area contributed by atoms with Gasteiger partial charge in [0.15, 0.2) is 9.84 Å². The molecule has 5 nitrogen and oxygen atoms in total. The molecule has 19 heavy (non-hydrogen) atoms. The lowest BCUT2D eigenvalue weighted by atomic mass is 10.2. The van der Waals surface area contributed by atoms with E-state index < -0.39 is 9.84 Å². The smallest absolute Gasteiger partial charge is 0.153 e. The van der Waals surface area contributed by atoms with Gasteiger partial charge in [-0.2, -0.15) is 0 Å². The molecule has 2 aromatic rings. The van der Waals surface area contributed by atoms with E-state index in [1.54, 1.807) is 13.3 Å². The number of imidazole rings is 1. The van der Waals surface area contributed by atoms with E-state index >= 15 is 0 Å². The first-order valence-corrected chi connectivity index (χ1v) is 8.03. The van der Waals surface area contributed by atoms with Gasteiger partial charge in [0, 0.05) is 6.42 Å². The predicted octanol–water partition coefficient (Wildman–Crippen LogP) is 1.46. The maximum Gasteiger partial charge on any atom is 0.153 e. The summed E-state index contributed by atoms with van der Waals surface area (Å²) in [6.07, 6.45) is 5.58. The molecular formula is C13H16N2O3S. The maximum absolute atomic E-state index is 11.9.